The minimum absolute atomic E-state index is 0.0642. The lowest BCUT2D eigenvalue weighted by Crippen LogP contribution is -2.30. The van der Waals surface area contributed by atoms with Crippen molar-refractivity contribution in [3.8, 4) is 17.2 Å². The molecule has 0 spiro atoms. The van der Waals surface area contributed by atoms with Crippen LogP contribution in [0.4, 0.5) is 5.69 Å². The van der Waals surface area contributed by atoms with E-state index in [1.807, 2.05) is 13.8 Å². The maximum Gasteiger partial charge on any atom is 0.257 e. The third-order valence-electron chi connectivity index (χ3n) is 5.37. The summed E-state index contributed by atoms with van der Waals surface area (Å²) in [6, 6.07) is 14.9. The van der Waals surface area contributed by atoms with Crippen molar-refractivity contribution in [1.82, 2.24) is 9.29 Å². The second-order valence-electron chi connectivity index (χ2n) is 7.79. The van der Waals surface area contributed by atoms with Gasteiger partial charge in [0.25, 0.3) is 5.91 Å². The van der Waals surface area contributed by atoms with Crippen LogP contribution in [0.1, 0.15) is 42.5 Å². The number of nitrogens with zero attached hydrogens (tertiary/aromatic N) is 2. The zero-order valence-corrected chi connectivity index (χ0v) is 21.5. The fraction of sp³-hybridized carbons (Fsp3) is 0.308. The van der Waals surface area contributed by atoms with Crippen molar-refractivity contribution in [3.05, 3.63) is 71.5 Å². The van der Waals surface area contributed by atoms with Gasteiger partial charge in [-0.05, 0) is 75.4 Å². The number of aryl methyl sites for hydroxylation is 2. The van der Waals surface area contributed by atoms with Crippen molar-refractivity contribution in [2.24, 2.45) is 0 Å². The van der Waals surface area contributed by atoms with Crippen molar-refractivity contribution < 1.29 is 22.7 Å². The second-order valence-corrected chi connectivity index (χ2v) is 9.73. The molecule has 0 bridgehead atoms. The molecular weight excluding hydrogens is 466 g/mol. The van der Waals surface area contributed by atoms with Crippen molar-refractivity contribution >= 4 is 21.6 Å². The minimum Gasteiger partial charge on any atom is -0.494 e. The van der Waals surface area contributed by atoms with Crippen LogP contribution in [0.5, 0.6) is 17.2 Å². The molecule has 0 aliphatic rings. The molecule has 0 saturated heterocycles. The molecule has 186 valence electrons. The van der Waals surface area contributed by atoms with Gasteiger partial charge in [-0.2, -0.15) is 4.31 Å². The molecule has 0 radical (unpaired) electrons. The normalized spacial score (nSPS) is 11.4. The van der Waals surface area contributed by atoms with Gasteiger partial charge in [-0.15, -0.1) is 0 Å². The molecule has 9 heteroatoms. The van der Waals surface area contributed by atoms with Crippen LogP contribution in [0.2, 0.25) is 0 Å². The first-order chi connectivity index (χ1) is 16.7. The van der Waals surface area contributed by atoms with Gasteiger partial charge in [0.05, 0.1) is 28.4 Å². The van der Waals surface area contributed by atoms with Crippen LogP contribution in [0.3, 0.4) is 0 Å². The second kappa shape index (κ2) is 11.3. The van der Waals surface area contributed by atoms with Crippen molar-refractivity contribution in [3.63, 3.8) is 0 Å². The summed E-state index contributed by atoms with van der Waals surface area (Å²) < 4.78 is 39.1. The number of anilines is 1. The molecule has 0 atom stereocenters. The third kappa shape index (κ3) is 6.17. The number of amides is 1. The molecule has 0 unspecified atom stereocenters. The van der Waals surface area contributed by atoms with E-state index in [1.165, 1.54) is 16.4 Å². The number of pyridine rings is 1. The Hall–Kier alpha value is -3.43. The lowest BCUT2D eigenvalue weighted by atomic mass is 10.1. The molecule has 35 heavy (non-hydrogen) atoms. The molecule has 1 N–H and O–H groups in total. The molecule has 0 aliphatic carbocycles. The minimum atomic E-state index is -3.74. The largest absolute Gasteiger partial charge is 0.494 e. The standard InChI is InChI=1S/C26H31N3O5S/c1-6-29(7-2)35(31,32)22-14-16-25(34-21-12-10-20(11-13-21)33-8-3)24(17-22)28-26(30)23-15-9-18(4)27-19(23)5/h9-17H,6-8H2,1-5H3,(H,28,30). The summed E-state index contributed by atoms with van der Waals surface area (Å²) in [5.74, 6) is 1.11. The number of carbonyl (C=O) groups is 1. The molecule has 0 saturated carbocycles. The molecule has 1 aromatic heterocycles. The summed E-state index contributed by atoms with van der Waals surface area (Å²) in [4.78, 5) is 17.5. The fourth-order valence-electron chi connectivity index (χ4n) is 3.58. The summed E-state index contributed by atoms with van der Waals surface area (Å²) in [6.07, 6.45) is 0. The molecule has 2 aromatic carbocycles. The topological polar surface area (TPSA) is 97.8 Å². The van der Waals surface area contributed by atoms with Crippen LogP contribution >= 0.6 is 0 Å². The van der Waals surface area contributed by atoms with Gasteiger partial charge in [0, 0.05) is 18.8 Å². The van der Waals surface area contributed by atoms with Gasteiger partial charge in [-0.1, -0.05) is 13.8 Å². The maximum atomic E-state index is 13.1. The number of hydrogen-bond donors (Lipinski definition) is 1. The molecule has 0 aliphatic heterocycles. The zero-order valence-electron chi connectivity index (χ0n) is 20.7. The summed E-state index contributed by atoms with van der Waals surface area (Å²) >= 11 is 0. The smallest absolute Gasteiger partial charge is 0.257 e. The molecule has 8 nitrogen and oxygen atoms in total. The van der Waals surface area contributed by atoms with E-state index in [4.69, 9.17) is 9.47 Å². The third-order valence-corrected chi connectivity index (χ3v) is 7.42. The number of ether oxygens (including phenoxy) is 2. The highest BCUT2D eigenvalue weighted by molar-refractivity contribution is 7.89. The van der Waals surface area contributed by atoms with Gasteiger partial charge in [0.15, 0.2) is 5.75 Å². The molecule has 1 heterocycles. The summed E-state index contributed by atoms with van der Waals surface area (Å²) in [5, 5.41) is 2.81. The monoisotopic (exact) mass is 497 g/mol. The molecule has 0 fully saturated rings. The quantitative estimate of drug-likeness (QED) is 0.415. The first-order valence-corrected chi connectivity index (χ1v) is 12.9. The average Bonchev–Trinajstić information content (AvgIpc) is 2.82. The highest BCUT2D eigenvalue weighted by atomic mass is 32.2. The van der Waals surface area contributed by atoms with Gasteiger partial charge in [0.1, 0.15) is 11.5 Å². The van der Waals surface area contributed by atoms with Crippen molar-refractivity contribution in [1.29, 1.82) is 0 Å². The van der Waals surface area contributed by atoms with Crippen molar-refractivity contribution in [2.75, 3.05) is 25.0 Å². The van der Waals surface area contributed by atoms with E-state index < -0.39 is 15.9 Å². The predicted molar refractivity (Wildman–Crippen MR) is 136 cm³/mol. The van der Waals surface area contributed by atoms with Gasteiger partial charge in [-0.3, -0.25) is 9.78 Å². The number of carbonyl (C=O) groups excluding carboxylic acids is 1. The Labute approximate surface area is 207 Å². The lowest BCUT2D eigenvalue weighted by Gasteiger charge is -2.20. The van der Waals surface area contributed by atoms with E-state index in [2.05, 4.69) is 10.3 Å². The lowest BCUT2D eigenvalue weighted by molar-refractivity contribution is 0.102. The van der Waals surface area contributed by atoms with Gasteiger partial charge < -0.3 is 14.8 Å². The Balaban J connectivity index is 2.01. The highest BCUT2D eigenvalue weighted by Crippen LogP contribution is 2.34. The Kier molecular flexibility index (Phi) is 8.48. The van der Waals surface area contributed by atoms with Crippen LogP contribution in [0, 0.1) is 13.8 Å². The number of hydrogen-bond acceptors (Lipinski definition) is 6. The molecular formula is C26H31N3O5S. The Morgan fingerprint density at radius 2 is 1.60 bits per heavy atom. The summed E-state index contributed by atoms with van der Waals surface area (Å²) in [5.41, 5.74) is 1.99. The van der Waals surface area contributed by atoms with Gasteiger partial charge in [-0.25, -0.2) is 8.42 Å². The molecule has 1 amide bonds. The van der Waals surface area contributed by atoms with E-state index >= 15 is 0 Å². The average molecular weight is 498 g/mol. The Bertz CT molecular complexity index is 1290. The van der Waals surface area contributed by atoms with Crippen LogP contribution in [-0.4, -0.2) is 43.3 Å². The van der Waals surface area contributed by atoms with Crippen LogP contribution in [0.15, 0.2) is 59.5 Å². The van der Waals surface area contributed by atoms with Crippen LogP contribution in [0.25, 0.3) is 0 Å². The number of nitrogens with one attached hydrogen (secondary N) is 1. The predicted octanol–water partition coefficient (Wildman–Crippen LogP) is 5.17. The Morgan fingerprint density at radius 3 is 2.20 bits per heavy atom. The zero-order chi connectivity index (χ0) is 25.6. The molecule has 3 rings (SSSR count). The first-order valence-electron chi connectivity index (χ1n) is 11.5. The van der Waals surface area contributed by atoms with E-state index in [0.717, 1.165) is 5.69 Å². The highest BCUT2D eigenvalue weighted by Gasteiger charge is 2.24. The maximum absolute atomic E-state index is 13.1. The van der Waals surface area contributed by atoms with Crippen LogP contribution < -0.4 is 14.8 Å². The Morgan fingerprint density at radius 1 is 0.943 bits per heavy atom. The number of benzene rings is 2. The van der Waals surface area contributed by atoms with E-state index in [-0.39, 0.29) is 10.6 Å². The molecule has 3 aromatic rings. The number of rotatable bonds is 10. The van der Waals surface area contributed by atoms with Gasteiger partial charge >= 0.3 is 0 Å². The SMILES string of the molecule is CCOc1ccc(Oc2ccc(S(=O)(=O)N(CC)CC)cc2NC(=O)c2ccc(C)nc2C)cc1. The van der Waals surface area contributed by atoms with Crippen LogP contribution in [-0.2, 0) is 10.0 Å². The fourth-order valence-corrected chi connectivity index (χ4v) is 5.07. The summed E-state index contributed by atoms with van der Waals surface area (Å²) in [6.45, 7) is 10.3. The van der Waals surface area contributed by atoms with E-state index in [1.54, 1.807) is 63.2 Å². The van der Waals surface area contributed by atoms with Crippen molar-refractivity contribution in [2.45, 2.75) is 39.5 Å². The van der Waals surface area contributed by atoms with Gasteiger partial charge in [0.2, 0.25) is 10.0 Å². The number of sulfonamides is 1. The van der Waals surface area contributed by atoms with E-state index in [9.17, 15) is 13.2 Å². The first kappa shape index (κ1) is 26.2. The number of aromatic nitrogens is 1. The summed E-state index contributed by atoms with van der Waals surface area (Å²) in [7, 11) is -3.74. The van der Waals surface area contributed by atoms with E-state index in [0.29, 0.717) is 48.2 Å².